The summed E-state index contributed by atoms with van der Waals surface area (Å²) in [6.45, 7) is 23.4. The number of anilines is 6. The summed E-state index contributed by atoms with van der Waals surface area (Å²) in [6.07, 6.45) is 0. The molecule has 0 fully saturated rings. The van der Waals surface area contributed by atoms with Crippen LogP contribution in [0, 0.1) is 0 Å². The highest BCUT2D eigenvalue weighted by atomic mass is 16.3. The van der Waals surface area contributed by atoms with Crippen molar-refractivity contribution in [2.45, 2.75) is 90.9 Å². The van der Waals surface area contributed by atoms with Crippen LogP contribution in [-0.2, 0) is 21.7 Å². The molecule has 0 bridgehead atoms. The number of benzene rings is 13. The molecule has 92 heavy (non-hydrogen) atoms. The molecule has 0 N–H and O–H groups in total. The van der Waals surface area contributed by atoms with Gasteiger partial charge in [-0.3, -0.25) is 0 Å². The van der Waals surface area contributed by atoms with E-state index in [0.717, 1.165) is 89.1 Å². The third-order valence-electron chi connectivity index (χ3n) is 20.5. The van der Waals surface area contributed by atoms with Crippen LogP contribution in [0.1, 0.15) is 103 Å². The van der Waals surface area contributed by atoms with Gasteiger partial charge in [-0.25, -0.2) is 0 Å². The lowest BCUT2D eigenvalue weighted by molar-refractivity contribution is 0.595. The van der Waals surface area contributed by atoms with Crippen molar-refractivity contribution in [2.24, 2.45) is 0 Å². The summed E-state index contributed by atoms with van der Waals surface area (Å²) in [5, 5.41) is 9.50. The Kier molecular flexibility index (Phi) is 12.1. The van der Waals surface area contributed by atoms with Gasteiger partial charge in [0.2, 0.25) is 0 Å². The van der Waals surface area contributed by atoms with Crippen LogP contribution in [0.5, 0.6) is 0 Å². The van der Waals surface area contributed by atoms with E-state index in [2.05, 4.69) is 334 Å². The molecule has 13 aromatic carbocycles. The molecule has 2 aromatic heterocycles. The van der Waals surface area contributed by atoms with E-state index in [1.54, 1.807) is 0 Å². The molecule has 4 heteroatoms. The molecule has 0 radical (unpaired) electrons. The highest BCUT2D eigenvalue weighted by Crippen LogP contribution is 2.62. The Bertz CT molecular complexity index is 5170. The van der Waals surface area contributed by atoms with Gasteiger partial charge in [-0.15, -0.1) is 0 Å². The Hall–Kier alpha value is -10.4. The third kappa shape index (κ3) is 8.28. The molecule has 0 saturated heterocycles. The van der Waals surface area contributed by atoms with E-state index in [0.29, 0.717) is 0 Å². The second-order valence-corrected chi connectivity index (χ2v) is 28.8. The van der Waals surface area contributed by atoms with Gasteiger partial charge in [0.15, 0.2) is 0 Å². The fraction of sp³-hybridized carbons (Fsp3) is 0.159. The predicted molar refractivity (Wildman–Crippen MR) is 389 cm³/mol. The van der Waals surface area contributed by atoms with E-state index in [4.69, 9.17) is 8.83 Å². The maximum atomic E-state index is 7.33. The SMILES string of the molecule is CC(C)(C)c1ccc(-c2ccc(N(c3ccccc3)c3cc4c(c5oc6ccccc6c35)-c3cc5c(cc3C4(C)C)-c3c(cc(N(c4ccccc4)c4ccc(-c6ccc(C(C)(C)C)c7ccccc67)cc4)c4c3oc3ccccc34)C5(C)C)cc2)c2ccccc12. The van der Waals surface area contributed by atoms with E-state index < -0.39 is 10.8 Å². The number of para-hydroxylation sites is 4. The predicted octanol–water partition coefficient (Wildman–Crippen LogP) is 25.3. The van der Waals surface area contributed by atoms with Crippen LogP contribution >= 0.6 is 0 Å². The van der Waals surface area contributed by atoms with Gasteiger partial charge in [0.1, 0.15) is 22.3 Å². The van der Waals surface area contributed by atoms with Crippen LogP contribution in [0.15, 0.2) is 264 Å². The van der Waals surface area contributed by atoms with Crippen molar-refractivity contribution >= 4 is 99.5 Å². The maximum Gasteiger partial charge on any atom is 0.145 e. The minimum absolute atomic E-state index is 0.0150. The Morgan fingerprint density at radius 1 is 0.293 bits per heavy atom. The molecule has 0 amide bonds. The molecule has 2 aliphatic carbocycles. The highest BCUT2D eigenvalue weighted by molar-refractivity contribution is 6.21. The van der Waals surface area contributed by atoms with Gasteiger partial charge in [-0.2, -0.15) is 0 Å². The summed E-state index contributed by atoms with van der Waals surface area (Å²) in [5.41, 5.74) is 26.5. The quantitative estimate of drug-likeness (QED) is 0.152. The Morgan fingerprint density at radius 2 is 0.620 bits per heavy atom. The average molecular weight is 1190 g/mol. The molecule has 0 saturated carbocycles. The van der Waals surface area contributed by atoms with Crippen molar-refractivity contribution in [3.8, 4) is 44.5 Å². The molecule has 15 aromatic rings. The first-order valence-electron chi connectivity index (χ1n) is 32.6. The van der Waals surface area contributed by atoms with Crippen molar-refractivity contribution in [3.63, 3.8) is 0 Å². The molecule has 0 atom stereocenters. The van der Waals surface area contributed by atoms with E-state index in [1.165, 1.54) is 88.3 Å². The summed E-state index contributed by atoms with van der Waals surface area (Å²) < 4.78 is 14.7. The van der Waals surface area contributed by atoms with E-state index in [-0.39, 0.29) is 10.8 Å². The Morgan fingerprint density at radius 3 is 0.989 bits per heavy atom. The number of furan rings is 2. The zero-order valence-electron chi connectivity index (χ0n) is 54.0. The van der Waals surface area contributed by atoms with Crippen LogP contribution in [0.4, 0.5) is 34.1 Å². The van der Waals surface area contributed by atoms with Crippen molar-refractivity contribution in [1.29, 1.82) is 0 Å². The maximum absolute atomic E-state index is 7.33. The van der Waals surface area contributed by atoms with Gasteiger partial charge in [0.05, 0.1) is 22.1 Å². The fourth-order valence-corrected chi connectivity index (χ4v) is 16.0. The molecular weight excluding hydrogens is 1120 g/mol. The van der Waals surface area contributed by atoms with Crippen LogP contribution < -0.4 is 9.80 Å². The zero-order chi connectivity index (χ0) is 62.7. The summed E-state index contributed by atoms with van der Waals surface area (Å²) in [5.74, 6) is 0. The lowest BCUT2D eigenvalue weighted by Gasteiger charge is -2.29. The fourth-order valence-electron chi connectivity index (χ4n) is 16.0. The lowest BCUT2D eigenvalue weighted by atomic mass is 9.79. The first kappa shape index (κ1) is 55.6. The number of rotatable bonds is 8. The molecule has 0 spiro atoms. The molecule has 0 aliphatic heterocycles. The van der Waals surface area contributed by atoms with Gasteiger partial charge in [0, 0.05) is 55.5 Å². The Labute approximate surface area is 538 Å². The number of hydrogen-bond donors (Lipinski definition) is 0. The topological polar surface area (TPSA) is 32.8 Å². The standard InChI is InChI=1S/C88H72N2O2/c1-85(2,3)69-47-45-59(61-29-17-19-31-63(61)69)53-37-41-57(42-38-53)89(55-25-13-11-14-26-55)75-51-73-79(83-81(75)65-33-21-23-35-77(65)91-83)67-49-72-68(50-71(67)87(73,7)8)80-74(88(72,9)10)52-76(82-66-34-22-24-36-78(66)92-84(80)82)90(56-27-15-12-16-28-56)58-43-39-54(40-44-58)60-46-48-70(86(4,5)6)64-32-20-18-30-62(60)64/h11-52H,1-10H3. The van der Waals surface area contributed by atoms with E-state index in [9.17, 15) is 0 Å². The molecule has 446 valence electrons. The first-order chi connectivity index (χ1) is 44.4. The second-order valence-electron chi connectivity index (χ2n) is 28.8. The third-order valence-corrected chi connectivity index (χ3v) is 20.5. The molecule has 4 nitrogen and oxygen atoms in total. The summed E-state index contributed by atoms with van der Waals surface area (Å²) in [4.78, 5) is 4.90. The van der Waals surface area contributed by atoms with Crippen molar-refractivity contribution < 1.29 is 8.83 Å². The number of fused-ring (bicyclic) bond motifs is 16. The van der Waals surface area contributed by atoms with Gasteiger partial charge >= 0.3 is 0 Å². The van der Waals surface area contributed by atoms with Gasteiger partial charge in [-0.1, -0.05) is 239 Å². The summed E-state index contributed by atoms with van der Waals surface area (Å²) in [7, 11) is 0. The largest absolute Gasteiger partial charge is 0.455 e. The van der Waals surface area contributed by atoms with E-state index in [1.807, 2.05) is 0 Å². The minimum atomic E-state index is -0.439. The van der Waals surface area contributed by atoms with Gasteiger partial charge in [-0.05, 0) is 184 Å². The van der Waals surface area contributed by atoms with Crippen LogP contribution in [0.25, 0.3) is 110 Å². The van der Waals surface area contributed by atoms with Crippen molar-refractivity contribution in [1.82, 2.24) is 0 Å². The van der Waals surface area contributed by atoms with Crippen LogP contribution in [0.3, 0.4) is 0 Å². The molecule has 2 aliphatic rings. The van der Waals surface area contributed by atoms with E-state index >= 15 is 0 Å². The first-order valence-corrected chi connectivity index (χ1v) is 32.6. The highest BCUT2D eigenvalue weighted by Gasteiger charge is 2.46. The molecule has 0 unspecified atom stereocenters. The molecule has 2 heterocycles. The molecular formula is C88H72N2O2. The number of hydrogen-bond acceptors (Lipinski definition) is 4. The second kappa shape index (κ2) is 20.0. The van der Waals surface area contributed by atoms with Crippen molar-refractivity contribution in [2.75, 3.05) is 9.80 Å². The zero-order valence-corrected chi connectivity index (χ0v) is 54.0. The lowest BCUT2D eigenvalue weighted by Crippen LogP contribution is -2.18. The normalized spacial score (nSPS) is 13.9. The minimum Gasteiger partial charge on any atom is -0.455 e. The monoisotopic (exact) mass is 1190 g/mol. The van der Waals surface area contributed by atoms with Gasteiger partial charge < -0.3 is 18.6 Å². The van der Waals surface area contributed by atoms with Crippen LogP contribution in [0.2, 0.25) is 0 Å². The number of nitrogens with zero attached hydrogens (tertiary/aromatic N) is 2. The summed E-state index contributed by atoms with van der Waals surface area (Å²) in [6, 6.07) is 94.4. The van der Waals surface area contributed by atoms with Gasteiger partial charge in [0.25, 0.3) is 0 Å². The smallest absolute Gasteiger partial charge is 0.145 e. The Balaban J connectivity index is 0.831. The average Bonchev–Trinajstić information content (AvgIpc) is 1.52. The van der Waals surface area contributed by atoms with Crippen molar-refractivity contribution in [3.05, 3.63) is 288 Å². The molecule has 17 rings (SSSR count). The van der Waals surface area contributed by atoms with Crippen LogP contribution in [-0.4, -0.2) is 0 Å². The summed E-state index contributed by atoms with van der Waals surface area (Å²) >= 11 is 0.